The van der Waals surface area contributed by atoms with Gasteiger partial charge in [0.1, 0.15) is 10.8 Å². The maximum absolute atomic E-state index is 12.6. The number of carboxylic acids is 1. The van der Waals surface area contributed by atoms with E-state index in [4.69, 9.17) is 5.11 Å². The molecule has 0 aromatic carbocycles. The van der Waals surface area contributed by atoms with E-state index in [1.54, 1.807) is 12.1 Å². The zero-order chi connectivity index (χ0) is 19.6. The molecule has 0 bridgehead atoms. The minimum atomic E-state index is -1.01. The summed E-state index contributed by atoms with van der Waals surface area (Å²) >= 11 is 1.36. The van der Waals surface area contributed by atoms with Crippen molar-refractivity contribution in [3.8, 4) is 0 Å². The van der Waals surface area contributed by atoms with Gasteiger partial charge in [-0.25, -0.2) is 9.78 Å². The number of hydrogen-bond acceptors (Lipinski definition) is 6. The number of anilines is 2. The van der Waals surface area contributed by atoms with Gasteiger partial charge < -0.3 is 20.8 Å². The number of aliphatic hydroxyl groups excluding tert-OH is 1. The number of aliphatic hydroxyl groups is 1. The lowest BCUT2D eigenvalue weighted by Gasteiger charge is -2.29. The van der Waals surface area contributed by atoms with Crippen LogP contribution in [0.3, 0.4) is 0 Å². The Kier molecular flexibility index (Phi) is 5.48. The molecule has 27 heavy (non-hydrogen) atoms. The largest absolute Gasteiger partial charge is 0.478 e. The maximum atomic E-state index is 12.6. The standard InChI is InChI=1S/C19H23N3O4S/c1-19(2)6-5-12-13(9-19)27-17(15(12)18(25)26)22-16(24)11-3-4-14(21-10-11)20-7-8-23/h3-4,10,23H,5-9H2,1-2H3,(H,20,21)(H,22,24)(H,25,26). The van der Waals surface area contributed by atoms with E-state index in [9.17, 15) is 14.7 Å². The number of carbonyl (C=O) groups is 2. The molecule has 0 saturated carbocycles. The Morgan fingerprint density at radius 1 is 1.33 bits per heavy atom. The molecule has 2 heterocycles. The fourth-order valence-corrected chi connectivity index (χ4v) is 4.71. The number of fused-ring (bicyclic) bond motifs is 1. The summed E-state index contributed by atoms with van der Waals surface area (Å²) in [6, 6.07) is 3.25. The highest BCUT2D eigenvalue weighted by Gasteiger charge is 2.32. The van der Waals surface area contributed by atoms with Crippen LogP contribution in [0, 0.1) is 5.41 Å². The third-order valence-electron chi connectivity index (χ3n) is 4.67. The Morgan fingerprint density at radius 3 is 2.74 bits per heavy atom. The second-order valence-electron chi connectivity index (χ2n) is 7.39. The van der Waals surface area contributed by atoms with Crippen molar-refractivity contribution < 1.29 is 19.8 Å². The van der Waals surface area contributed by atoms with Gasteiger partial charge in [-0.05, 0) is 42.4 Å². The maximum Gasteiger partial charge on any atom is 0.339 e. The fourth-order valence-electron chi connectivity index (χ4n) is 3.21. The lowest BCUT2D eigenvalue weighted by Crippen LogP contribution is -2.22. The van der Waals surface area contributed by atoms with Crippen LogP contribution >= 0.6 is 11.3 Å². The predicted molar refractivity (Wildman–Crippen MR) is 105 cm³/mol. The monoisotopic (exact) mass is 389 g/mol. The van der Waals surface area contributed by atoms with Crippen molar-refractivity contribution in [3.05, 3.63) is 39.9 Å². The van der Waals surface area contributed by atoms with E-state index in [2.05, 4.69) is 29.5 Å². The third-order valence-corrected chi connectivity index (χ3v) is 5.81. The molecule has 1 aliphatic carbocycles. The molecule has 0 atom stereocenters. The average molecular weight is 389 g/mol. The highest BCUT2D eigenvalue weighted by molar-refractivity contribution is 7.17. The highest BCUT2D eigenvalue weighted by atomic mass is 32.1. The van der Waals surface area contributed by atoms with Gasteiger partial charge in [-0.1, -0.05) is 13.8 Å². The molecule has 144 valence electrons. The molecule has 8 heteroatoms. The minimum Gasteiger partial charge on any atom is -0.478 e. The molecule has 1 aliphatic rings. The zero-order valence-electron chi connectivity index (χ0n) is 15.3. The number of carboxylic acid groups (broad SMARTS) is 1. The summed E-state index contributed by atoms with van der Waals surface area (Å²) in [4.78, 5) is 29.5. The van der Waals surface area contributed by atoms with E-state index in [-0.39, 0.29) is 17.6 Å². The molecule has 0 spiro atoms. The summed E-state index contributed by atoms with van der Waals surface area (Å²) in [6.45, 7) is 4.71. The van der Waals surface area contributed by atoms with Crippen LogP contribution in [-0.2, 0) is 12.8 Å². The van der Waals surface area contributed by atoms with Crippen LogP contribution in [-0.4, -0.2) is 40.2 Å². The number of aromatic carboxylic acids is 1. The molecule has 0 aliphatic heterocycles. The van der Waals surface area contributed by atoms with Crippen LogP contribution in [0.25, 0.3) is 0 Å². The molecule has 4 N–H and O–H groups in total. The van der Waals surface area contributed by atoms with E-state index >= 15 is 0 Å². The van der Waals surface area contributed by atoms with Gasteiger partial charge in [-0.3, -0.25) is 4.79 Å². The van der Waals surface area contributed by atoms with Crippen molar-refractivity contribution in [1.29, 1.82) is 0 Å². The van der Waals surface area contributed by atoms with Crippen molar-refractivity contribution in [2.45, 2.75) is 33.1 Å². The number of aromatic nitrogens is 1. The summed E-state index contributed by atoms with van der Waals surface area (Å²) in [5.74, 6) is -0.846. The lowest BCUT2D eigenvalue weighted by molar-refractivity contribution is 0.0696. The second kappa shape index (κ2) is 7.66. The van der Waals surface area contributed by atoms with Gasteiger partial charge in [0.2, 0.25) is 0 Å². The van der Waals surface area contributed by atoms with Crippen molar-refractivity contribution >= 4 is 34.0 Å². The highest BCUT2D eigenvalue weighted by Crippen LogP contribution is 2.43. The summed E-state index contributed by atoms with van der Waals surface area (Å²) in [5, 5.41) is 24.5. The normalized spacial score (nSPS) is 15.1. The first-order valence-electron chi connectivity index (χ1n) is 8.81. The summed E-state index contributed by atoms with van der Waals surface area (Å²) in [5.41, 5.74) is 1.54. The second-order valence-corrected chi connectivity index (χ2v) is 8.50. The molecule has 7 nitrogen and oxygen atoms in total. The Balaban J connectivity index is 1.82. The van der Waals surface area contributed by atoms with Gasteiger partial charge in [0.15, 0.2) is 0 Å². The number of hydrogen-bond donors (Lipinski definition) is 4. The van der Waals surface area contributed by atoms with Gasteiger partial charge >= 0.3 is 5.97 Å². The number of rotatable bonds is 6. The number of pyridine rings is 1. The molecule has 1 amide bonds. The topological polar surface area (TPSA) is 112 Å². The molecular formula is C19H23N3O4S. The number of carbonyl (C=O) groups excluding carboxylic acids is 1. The summed E-state index contributed by atoms with van der Waals surface area (Å²) < 4.78 is 0. The fraction of sp³-hybridized carbons (Fsp3) is 0.421. The van der Waals surface area contributed by atoms with Crippen molar-refractivity contribution in [2.75, 3.05) is 23.8 Å². The Bertz CT molecular complexity index is 859. The molecular weight excluding hydrogens is 366 g/mol. The number of nitrogens with one attached hydrogen (secondary N) is 2. The van der Waals surface area contributed by atoms with Gasteiger partial charge in [-0.15, -0.1) is 11.3 Å². The van der Waals surface area contributed by atoms with E-state index in [1.807, 2.05) is 0 Å². The number of thiophene rings is 1. The number of amides is 1. The molecule has 2 aromatic rings. The quantitative estimate of drug-likeness (QED) is 0.604. The smallest absolute Gasteiger partial charge is 0.339 e. The predicted octanol–water partition coefficient (Wildman–Crippen LogP) is 3.01. The van der Waals surface area contributed by atoms with Gasteiger partial charge in [0.05, 0.1) is 17.7 Å². The Hall–Kier alpha value is -2.45. The first kappa shape index (κ1) is 19.3. The van der Waals surface area contributed by atoms with Crippen molar-refractivity contribution in [2.24, 2.45) is 5.41 Å². The lowest BCUT2D eigenvalue weighted by atomic mass is 9.77. The SMILES string of the molecule is CC1(C)CCc2c(sc(NC(=O)c3ccc(NCCO)nc3)c2C(=O)O)C1. The molecule has 0 radical (unpaired) electrons. The molecule has 0 unspecified atom stereocenters. The van der Waals surface area contributed by atoms with E-state index in [1.165, 1.54) is 17.5 Å². The van der Waals surface area contributed by atoms with Crippen molar-refractivity contribution in [3.63, 3.8) is 0 Å². The summed E-state index contributed by atoms with van der Waals surface area (Å²) in [7, 11) is 0. The zero-order valence-corrected chi connectivity index (χ0v) is 16.2. The molecule has 0 fully saturated rings. The van der Waals surface area contributed by atoms with Crippen LogP contribution in [0.5, 0.6) is 0 Å². The minimum absolute atomic E-state index is 0.0122. The van der Waals surface area contributed by atoms with Crippen LogP contribution in [0.15, 0.2) is 18.3 Å². The van der Waals surface area contributed by atoms with Gasteiger partial charge in [0.25, 0.3) is 5.91 Å². The first-order chi connectivity index (χ1) is 12.8. The average Bonchev–Trinajstić information content (AvgIpc) is 2.96. The van der Waals surface area contributed by atoms with Gasteiger partial charge in [0, 0.05) is 17.6 Å². The number of nitrogens with zero attached hydrogens (tertiary/aromatic N) is 1. The van der Waals surface area contributed by atoms with Crippen molar-refractivity contribution in [1.82, 2.24) is 4.98 Å². The van der Waals surface area contributed by atoms with Crippen LogP contribution in [0.4, 0.5) is 10.8 Å². The van der Waals surface area contributed by atoms with Crippen LogP contribution in [0.2, 0.25) is 0 Å². The van der Waals surface area contributed by atoms with Crippen LogP contribution in [0.1, 0.15) is 51.4 Å². The van der Waals surface area contributed by atoms with E-state index < -0.39 is 11.9 Å². The van der Waals surface area contributed by atoms with E-state index in [0.717, 1.165) is 23.3 Å². The Morgan fingerprint density at radius 2 is 2.11 bits per heavy atom. The molecule has 2 aromatic heterocycles. The summed E-state index contributed by atoms with van der Waals surface area (Å²) in [6.07, 6.45) is 3.88. The van der Waals surface area contributed by atoms with E-state index in [0.29, 0.717) is 29.3 Å². The third kappa shape index (κ3) is 4.28. The van der Waals surface area contributed by atoms with Crippen LogP contribution < -0.4 is 10.6 Å². The molecule has 3 rings (SSSR count). The Labute approximate surface area is 161 Å². The van der Waals surface area contributed by atoms with Gasteiger partial charge in [-0.2, -0.15) is 0 Å². The molecule has 0 saturated heterocycles. The first-order valence-corrected chi connectivity index (χ1v) is 9.62.